The maximum atomic E-state index is 12.9. The molecule has 0 bridgehead atoms. The molecule has 150 valence electrons. The molecule has 3 heterocycles. The molecule has 4 rings (SSSR count). The molecular weight excluding hydrogens is 390 g/mol. The molecule has 0 amide bonds. The van der Waals surface area contributed by atoms with Crippen molar-refractivity contribution in [1.82, 2.24) is 20.2 Å². The maximum absolute atomic E-state index is 12.9. The van der Waals surface area contributed by atoms with E-state index in [4.69, 9.17) is 4.74 Å². The molecule has 1 saturated heterocycles. The van der Waals surface area contributed by atoms with Gasteiger partial charge in [0.1, 0.15) is 17.5 Å². The van der Waals surface area contributed by atoms with E-state index >= 15 is 0 Å². The van der Waals surface area contributed by atoms with Crippen LogP contribution in [0.5, 0.6) is 0 Å². The van der Waals surface area contributed by atoms with E-state index in [0.717, 1.165) is 30.8 Å². The van der Waals surface area contributed by atoms with E-state index in [9.17, 15) is 10.1 Å². The van der Waals surface area contributed by atoms with Gasteiger partial charge in [0.2, 0.25) is 5.16 Å². The summed E-state index contributed by atoms with van der Waals surface area (Å²) in [4.78, 5) is 16.6. The van der Waals surface area contributed by atoms with Crippen molar-refractivity contribution in [2.75, 3.05) is 36.3 Å². The highest BCUT2D eigenvalue weighted by Crippen LogP contribution is 2.40. The van der Waals surface area contributed by atoms with Crippen molar-refractivity contribution >= 4 is 28.9 Å². The van der Waals surface area contributed by atoms with Gasteiger partial charge in [0.05, 0.1) is 29.8 Å². The minimum absolute atomic E-state index is 0.0797. The van der Waals surface area contributed by atoms with Gasteiger partial charge in [-0.25, -0.2) is 4.68 Å². The van der Waals surface area contributed by atoms with Gasteiger partial charge in [0.15, 0.2) is 5.78 Å². The third-order valence-corrected chi connectivity index (χ3v) is 6.04. The number of fused-ring (bicyclic) bond motifs is 1. The summed E-state index contributed by atoms with van der Waals surface area (Å²) in [5.41, 5.74) is 2.04. The first-order valence-corrected chi connectivity index (χ1v) is 10.3. The van der Waals surface area contributed by atoms with Gasteiger partial charge in [0.25, 0.3) is 0 Å². The number of thioether (sulfide) groups is 1. The van der Waals surface area contributed by atoms with Crippen LogP contribution in [0.25, 0.3) is 0 Å². The highest BCUT2D eigenvalue weighted by Gasteiger charge is 2.31. The zero-order valence-corrected chi connectivity index (χ0v) is 17.1. The highest BCUT2D eigenvalue weighted by molar-refractivity contribution is 7.99. The molecule has 10 heteroatoms. The molecule has 0 saturated carbocycles. The van der Waals surface area contributed by atoms with Crippen LogP contribution in [0, 0.1) is 11.3 Å². The van der Waals surface area contributed by atoms with Crippen molar-refractivity contribution in [3.05, 3.63) is 35.7 Å². The number of tetrazole rings is 1. The fourth-order valence-electron chi connectivity index (χ4n) is 3.65. The third kappa shape index (κ3) is 3.71. The van der Waals surface area contributed by atoms with Crippen LogP contribution in [-0.2, 0) is 16.1 Å². The van der Waals surface area contributed by atoms with Gasteiger partial charge in [-0.15, -0.1) is 5.10 Å². The summed E-state index contributed by atoms with van der Waals surface area (Å²) in [5, 5.41) is 22.0. The Kier molecular flexibility index (Phi) is 5.51. The molecule has 1 atom stereocenters. The lowest BCUT2D eigenvalue weighted by atomic mass is 10.2. The number of ketones is 1. The van der Waals surface area contributed by atoms with Crippen LogP contribution >= 0.6 is 11.8 Å². The number of carbonyl (C=O) groups is 1. The molecule has 1 unspecified atom stereocenters. The minimum Gasteiger partial charge on any atom is -0.376 e. The van der Waals surface area contributed by atoms with Crippen LogP contribution in [-0.4, -0.2) is 58.5 Å². The zero-order chi connectivity index (χ0) is 20.4. The van der Waals surface area contributed by atoms with Gasteiger partial charge in [-0.2, -0.15) is 5.26 Å². The first-order valence-electron chi connectivity index (χ1n) is 9.34. The van der Waals surface area contributed by atoms with Crippen LogP contribution in [0.3, 0.4) is 0 Å². The number of allylic oxidation sites excluding steroid dienone is 1. The molecular formula is C19H21N7O2S. The summed E-state index contributed by atoms with van der Waals surface area (Å²) in [5.74, 6) is 0.403. The van der Waals surface area contributed by atoms with Crippen LogP contribution in [0.4, 0.5) is 11.4 Å². The topological polar surface area (TPSA) is 100 Å². The Balaban J connectivity index is 1.49. The third-order valence-electron chi connectivity index (χ3n) is 5.09. The summed E-state index contributed by atoms with van der Waals surface area (Å²) < 4.78 is 7.29. The normalized spacial score (nSPS) is 18.1. The molecule has 0 spiro atoms. The van der Waals surface area contributed by atoms with Gasteiger partial charge in [-0.05, 0) is 35.4 Å². The molecule has 1 fully saturated rings. The van der Waals surface area contributed by atoms with Crippen molar-refractivity contribution in [3.8, 4) is 6.07 Å². The fourth-order valence-corrected chi connectivity index (χ4v) is 4.41. The molecule has 9 nitrogen and oxygen atoms in total. The summed E-state index contributed by atoms with van der Waals surface area (Å²) in [6, 6.07) is 9.90. The number of ether oxygens (including phenoxy) is 1. The summed E-state index contributed by atoms with van der Waals surface area (Å²) in [6.07, 6.45) is 2.12. The van der Waals surface area contributed by atoms with Gasteiger partial charge in [0, 0.05) is 20.7 Å². The van der Waals surface area contributed by atoms with Gasteiger partial charge in [-0.1, -0.05) is 23.9 Å². The lowest BCUT2D eigenvalue weighted by molar-refractivity contribution is -0.112. The summed E-state index contributed by atoms with van der Waals surface area (Å²) >= 11 is 1.23. The maximum Gasteiger partial charge on any atom is 0.209 e. The number of aromatic nitrogens is 4. The number of nitrogens with zero attached hydrogens (tertiary/aromatic N) is 7. The number of hydrogen-bond acceptors (Lipinski definition) is 9. The number of hydrogen-bond donors (Lipinski definition) is 0. The standard InChI is InChI=1S/C19H21N7O2S/c1-24-15-7-3-4-8-16(15)25(2)18(24)14(10-20)17(27)12-29-19-21-22-23-26(19)11-13-6-5-9-28-13/h3-4,7-8,13H,5-6,9,11-12H2,1-2H3. The van der Waals surface area contributed by atoms with E-state index in [1.807, 2.05) is 48.2 Å². The second-order valence-electron chi connectivity index (χ2n) is 6.91. The molecule has 1 aromatic carbocycles. The number of carbonyl (C=O) groups excluding carboxylic acids is 1. The predicted molar refractivity (Wildman–Crippen MR) is 108 cm³/mol. The Hall–Kier alpha value is -2.90. The number of Topliss-reactive ketones (excluding diaryl/α,β-unsaturated/α-hetero) is 1. The Labute approximate surface area is 172 Å². The zero-order valence-electron chi connectivity index (χ0n) is 16.3. The highest BCUT2D eigenvalue weighted by atomic mass is 32.2. The van der Waals surface area contributed by atoms with E-state index in [1.54, 1.807) is 4.68 Å². The van der Waals surface area contributed by atoms with Crippen LogP contribution < -0.4 is 9.80 Å². The molecule has 2 aliphatic rings. The van der Waals surface area contributed by atoms with E-state index in [-0.39, 0.29) is 23.2 Å². The van der Waals surface area contributed by atoms with Crippen LogP contribution in [0.2, 0.25) is 0 Å². The Morgan fingerprint density at radius 3 is 2.66 bits per heavy atom. The number of benzene rings is 1. The van der Waals surface area contributed by atoms with E-state index in [2.05, 4.69) is 21.6 Å². The first kappa shape index (κ1) is 19.4. The Morgan fingerprint density at radius 2 is 2.03 bits per heavy atom. The second-order valence-corrected chi connectivity index (χ2v) is 7.85. The van der Waals surface area contributed by atoms with Gasteiger partial charge in [-0.3, -0.25) is 4.79 Å². The predicted octanol–water partition coefficient (Wildman–Crippen LogP) is 1.83. The molecule has 2 aromatic rings. The largest absolute Gasteiger partial charge is 0.376 e. The lowest BCUT2D eigenvalue weighted by Gasteiger charge is -2.19. The smallest absolute Gasteiger partial charge is 0.209 e. The van der Waals surface area contributed by atoms with Crippen molar-refractivity contribution in [3.63, 3.8) is 0 Å². The molecule has 0 radical (unpaired) electrons. The van der Waals surface area contributed by atoms with Crippen LogP contribution in [0.1, 0.15) is 12.8 Å². The first-order chi connectivity index (χ1) is 14.1. The van der Waals surface area contributed by atoms with Crippen molar-refractivity contribution < 1.29 is 9.53 Å². The number of rotatable bonds is 6. The van der Waals surface area contributed by atoms with E-state index in [0.29, 0.717) is 17.5 Å². The molecule has 29 heavy (non-hydrogen) atoms. The monoisotopic (exact) mass is 411 g/mol. The molecule has 0 aliphatic carbocycles. The lowest BCUT2D eigenvalue weighted by Crippen LogP contribution is -2.26. The summed E-state index contributed by atoms with van der Waals surface area (Å²) in [6.45, 7) is 1.33. The van der Waals surface area contributed by atoms with E-state index < -0.39 is 0 Å². The molecule has 0 N–H and O–H groups in total. The van der Waals surface area contributed by atoms with Crippen molar-refractivity contribution in [1.29, 1.82) is 5.26 Å². The number of nitriles is 1. The summed E-state index contributed by atoms with van der Waals surface area (Å²) in [7, 11) is 3.72. The van der Waals surface area contributed by atoms with Crippen molar-refractivity contribution in [2.24, 2.45) is 0 Å². The number of anilines is 2. The molecule has 2 aliphatic heterocycles. The second kappa shape index (κ2) is 8.23. The van der Waals surface area contributed by atoms with Crippen molar-refractivity contribution in [2.45, 2.75) is 30.6 Å². The Bertz CT molecular complexity index is 959. The SMILES string of the molecule is CN1C(=C(C#N)C(=O)CSc2nnnn2CC2CCCO2)N(C)c2ccccc21. The van der Waals surface area contributed by atoms with Gasteiger partial charge >= 0.3 is 0 Å². The average Bonchev–Trinajstić information content (AvgIpc) is 3.46. The van der Waals surface area contributed by atoms with E-state index in [1.165, 1.54) is 11.8 Å². The quantitative estimate of drug-likeness (QED) is 0.400. The fraction of sp³-hybridized carbons (Fsp3) is 0.421. The number of para-hydroxylation sites is 2. The van der Waals surface area contributed by atoms with Gasteiger partial charge < -0.3 is 14.5 Å². The average molecular weight is 411 g/mol. The van der Waals surface area contributed by atoms with Crippen LogP contribution in [0.15, 0.2) is 40.8 Å². The Morgan fingerprint density at radius 1 is 1.31 bits per heavy atom. The molecule has 1 aromatic heterocycles. The minimum atomic E-state index is -0.259.